The number of rotatable bonds is 7. The van der Waals surface area contributed by atoms with Gasteiger partial charge in [-0.3, -0.25) is 4.79 Å². The molecule has 2 saturated heterocycles. The molecule has 0 aliphatic carbocycles. The van der Waals surface area contributed by atoms with Crippen LogP contribution in [0.1, 0.15) is 24.8 Å². The van der Waals surface area contributed by atoms with Crippen LogP contribution in [-0.4, -0.2) is 68.9 Å². The second kappa shape index (κ2) is 9.64. The highest BCUT2D eigenvalue weighted by Crippen LogP contribution is 2.22. The van der Waals surface area contributed by atoms with E-state index in [1.807, 2.05) is 18.2 Å². The Morgan fingerprint density at radius 3 is 2.59 bits per heavy atom. The van der Waals surface area contributed by atoms with E-state index < -0.39 is 10.2 Å². The molecule has 2 fully saturated rings. The van der Waals surface area contributed by atoms with Gasteiger partial charge in [-0.15, -0.1) is 0 Å². The summed E-state index contributed by atoms with van der Waals surface area (Å²) in [5.74, 6) is -0.309. The van der Waals surface area contributed by atoms with Crippen molar-refractivity contribution in [1.82, 2.24) is 13.9 Å². The maximum absolute atomic E-state index is 12.8. The lowest BCUT2D eigenvalue weighted by Crippen LogP contribution is -2.53. The molecule has 3 rings (SSSR count). The van der Waals surface area contributed by atoms with Crippen molar-refractivity contribution in [2.75, 3.05) is 45.9 Å². The standard InChI is InChI=1S/C19H29N3O4S/c23-19(20-10-4-8-17-6-2-1-3-7-17)18-9-5-11-22(16-18)27(24,25)21-12-14-26-15-13-21/h1-3,6-7,18H,4-5,8-16H2,(H,20,23)/t18-/m1/s1. The van der Waals surface area contributed by atoms with Crippen molar-refractivity contribution < 1.29 is 17.9 Å². The molecule has 2 aliphatic rings. The molecule has 0 saturated carbocycles. The minimum Gasteiger partial charge on any atom is -0.379 e. The zero-order valence-electron chi connectivity index (χ0n) is 15.7. The molecule has 1 atom stereocenters. The molecule has 27 heavy (non-hydrogen) atoms. The van der Waals surface area contributed by atoms with Gasteiger partial charge in [-0.1, -0.05) is 30.3 Å². The third-order valence-corrected chi connectivity index (χ3v) is 7.16. The van der Waals surface area contributed by atoms with Crippen LogP contribution in [0.5, 0.6) is 0 Å². The Labute approximate surface area is 161 Å². The second-order valence-electron chi connectivity index (χ2n) is 7.10. The number of amides is 1. The topological polar surface area (TPSA) is 79.0 Å². The zero-order chi connectivity index (χ0) is 19.1. The average molecular weight is 396 g/mol. The lowest BCUT2D eigenvalue weighted by Gasteiger charge is -2.36. The first-order chi connectivity index (χ1) is 13.1. The molecule has 1 aromatic carbocycles. The quantitative estimate of drug-likeness (QED) is 0.700. The highest BCUT2D eigenvalue weighted by atomic mass is 32.2. The molecule has 2 aliphatic heterocycles. The van der Waals surface area contributed by atoms with Gasteiger partial charge in [0.15, 0.2) is 0 Å². The van der Waals surface area contributed by atoms with Crippen LogP contribution < -0.4 is 5.32 Å². The molecule has 0 spiro atoms. The SMILES string of the molecule is O=C(NCCCc1ccccc1)[C@@H]1CCCN(S(=O)(=O)N2CCOCC2)C1. The van der Waals surface area contributed by atoms with Crippen LogP contribution in [-0.2, 0) is 26.2 Å². The van der Waals surface area contributed by atoms with Gasteiger partial charge in [0.05, 0.1) is 19.1 Å². The maximum Gasteiger partial charge on any atom is 0.282 e. The number of hydrogen-bond acceptors (Lipinski definition) is 4. The molecule has 0 unspecified atom stereocenters. The molecule has 1 amide bonds. The molecule has 0 radical (unpaired) electrons. The summed E-state index contributed by atoms with van der Waals surface area (Å²) in [6.07, 6.45) is 3.24. The summed E-state index contributed by atoms with van der Waals surface area (Å²) >= 11 is 0. The highest BCUT2D eigenvalue weighted by Gasteiger charge is 2.36. The molecule has 1 aromatic rings. The van der Waals surface area contributed by atoms with Gasteiger partial charge in [0.2, 0.25) is 5.91 Å². The molecular weight excluding hydrogens is 366 g/mol. The van der Waals surface area contributed by atoms with Crippen LogP contribution in [0.25, 0.3) is 0 Å². The average Bonchev–Trinajstić information content (AvgIpc) is 2.72. The second-order valence-corrected chi connectivity index (χ2v) is 9.03. The van der Waals surface area contributed by atoms with Gasteiger partial charge in [-0.2, -0.15) is 17.0 Å². The minimum absolute atomic E-state index is 0.0371. The molecule has 2 heterocycles. The van der Waals surface area contributed by atoms with Gasteiger partial charge in [0.25, 0.3) is 10.2 Å². The Kier molecular flexibility index (Phi) is 7.23. The fraction of sp³-hybridized carbons (Fsp3) is 0.632. The Hall–Kier alpha value is -1.48. The molecule has 1 N–H and O–H groups in total. The van der Waals surface area contributed by atoms with E-state index in [1.54, 1.807) is 0 Å². The van der Waals surface area contributed by atoms with Gasteiger partial charge in [-0.05, 0) is 31.2 Å². The number of nitrogens with zero attached hydrogens (tertiary/aromatic N) is 2. The summed E-state index contributed by atoms with van der Waals surface area (Å²) in [6, 6.07) is 10.2. The fourth-order valence-corrected chi connectivity index (χ4v) is 5.26. The lowest BCUT2D eigenvalue weighted by molar-refractivity contribution is -0.126. The minimum atomic E-state index is -3.51. The summed E-state index contributed by atoms with van der Waals surface area (Å²) < 4.78 is 33.8. The number of nitrogens with one attached hydrogen (secondary N) is 1. The largest absolute Gasteiger partial charge is 0.379 e. The van der Waals surface area contributed by atoms with E-state index in [2.05, 4.69) is 17.4 Å². The monoisotopic (exact) mass is 395 g/mol. The summed E-state index contributed by atoms with van der Waals surface area (Å²) in [5.41, 5.74) is 1.26. The molecule has 0 bridgehead atoms. The van der Waals surface area contributed by atoms with Crippen molar-refractivity contribution in [2.24, 2.45) is 5.92 Å². The van der Waals surface area contributed by atoms with Crippen LogP contribution in [0.3, 0.4) is 0 Å². The Morgan fingerprint density at radius 2 is 1.85 bits per heavy atom. The normalized spacial score (nSPS) is 22.4. The van der Waals surface area contributed by atoms with Crippen LogP contribution in [0.4, 0.5) is 0 Å². The van der Waals surface area contributed by atoms with Gasteiger partial charge in [0.1, 0.15) is 0 Å². The number of carbonyl (C=O) groups is 1. The van der Waals surface area contributed by atoms with Gasteiger partial charge in [0, 0.05) is 32.7 Å². The van der Waals surface area contributed by atoms with Crippen molar-refractivity contribution in [3.8, 4) is 0 Å². The van der Waals surface area contributed by atoms with Crippen LogP contribution in [0.15, 0.2) is 30.3 Å². The smallest absolute Gasteiger partial charge is 0.282 e. The van der Waals surface area contributed by atoms with Crippen molar-refractivity contribution in [3.05, 3.63) is 35.9 Å². The summed E-state index contributed by atoms with van der Waals surface area (Å²) in [4.78, 5) is 12.5. The predicted octanol–water partition coefficient (Wildman–Crippen LogP) is 1.02. The van der Waals surface area contributed by atoms with Crippen molar-refractivity contribution >= 4 is 16.1 Å². The number of hydrogen-bond donors (Lipinski definition) is 1. The molecule has 7 nitrogen and oxygen atoms in total. The number of morpholine rings is 1. The fourth-order valence-electron chi connectivity index (χ4n) is 3.60. The first-order valence-electron chi connectivity index (χ1n) is 9.72. The number of ether oxygens (including phenoxy) is 1. The van der Waals surface area contributed by atoms with Crippen LogP contribution >= 0.6 is 0 Å². The van der Waals surface area contributed by atoms with Crippen molar-refractivity contribution in [3.63, 3.8) is 0 Å². The van der Waals surface area contributed by atoms with E-state index in [0.29, 0.717) is 45.8 Å². The third kappa shape index (κ3) is 5.51. The molecule has 8 heteroatoms. The number of carbonyl (C=O) groups excluding carboxylic acids is 1. The molecule has 150 valence electrons. The Balaban J connectivity index is 1.46. The van der Waals surface area contributed by atoms with E-state index in [9.17, 15) is 13.2 Å². The first kappa shape index (κ1) is 20.3. The van der Waals surface area contributed by atoms with Crippen molar-refractivity contribution in [2.45, 2.75) is 25.7 Å². The third-order valence-electron chi connectivity index (χ3n) is 5.16. The first-order valence-corrected chi connectivity index (χ1v) is 11.1. The van der Waals surface area contributed by atoms with Crippen molar-refractivity contribution in [1.29, 1.82) is 0 Å². The van der Waals surface area contributed by atoms with E-state index >= 15 is 0 Å². The number of benzene rings is 1. The number of aryl methyl sites for hydroxylation is 1. The predicted molar refractivity (Wildman–Crippen MR) is 103 cm³/mol. The zero-order valence-corrected chi connectivity index (χ0v) is 16.5. The maximum atomic E-state index is 12.8. The van der Waals surface area contributed by atoms with Gasteiger partial charge >= 0.3 is 0 Å². The van der Waals surface area contributed by atoms with E-state index in [1.165, 1.54) is 14.2 Å². The molecular formula is C19H29N3O4S. The molecule has 0 aromatic heterocycles. The van der Waals surface area contributed by atoms with Crippen LogP contribution in [0.2, 0.25) is 0 Å². The van der Waals surface area contributed by atoms with E-state index in [-0.39, 0.29) is 18.4 Å². The van der Waals surface area contributed by atoms with E-state index in [4.69, 9.17) is 4.74 Å². The summed E-state index contributed by atoms with van der Waals surface area (Å²) in [7, 11) is -3.51. The van der Waals surface area contributed by atoms with Gasteiger partial charge < -0.3 is 10.1 Å². The Bertz CT molecular complexity index is 705. The lowest BCUT2D eigenvalue weighted by atomic mass is 9.99. The Morgan fingerprint density at radius 1 is 1.11 bits per heavy atom. The van der Waals surface area contributed by atoms with E-state index in [0.717, 1.165) is 19.3 Å². The van der Waals surface area contributed by atoms with Gasteiger partial charge in [-0.25, -0.2) is 0 Å². The summed E-state index contributed by atoms with van der Waals surface area (Å²) in [6.45, 7) is 2.99. The number of piperidine rings is 1. The summed E-state index contributed by atoms with van der Waals surface area (Å²) in [5, 5.41) is 2.98. The van der Waals surface area contributed by atoms with Crippen LogP contribution in [0, 0.1) is 5.92 Å². The highest BCUT2D eigenvalue weighted by molar-refractivity contribution is 7.86.